The number of hydrogen-bond donors (Lipinski definition) is 1. The van der Waals surface area contributed by atoms with Gasteiger partial charge < -0.3 is 5.21 Å². The minimum Gasteiger partial charge on any atom is -0.411 e. The lowest BCUT2D eigenvalue weighted by molar-refractivity contribution is -0.0390. The van der Waals surface area contributed by atoms with Gasteiger partial charge in [-0.15, -0.1) is 0 Å². The number of hydrogen-bond acceptors (Lipinski definition) is 2. The Kier molecular flexibility index (Phi) is 6.56. The third kappa shape index (κ3) is 4.57. The van der Waals surface area contributed by atoms with E-state index in [1.54, 1.807) is 5.57 Å². The van der Waals surface area contributed by atoms with Gasteiger partial charge in [-0.1, -0.05) is 55.6 Å². The normalized spacial score (nSPS) is 33.0. The molecule has 142 valence electrons. The van der Waals surface area contributed by atoms with Gasteiger partial charge in [-0.25, -0.2) is 0 Å². The number of nitrogens with zero attached hydrogens (tertiary/aromatic N) is 1. The highest BCUT2D eigenvalue weighted by Crippen LogP contribution is 2.60. The zero-order valence-corrected chi connectivity index (χ0v) is 17.4. The highest BCUT2D eigenvalue weighted by molar-refractivity contribution is 5.81. The summed E-state index contributed by atoms with van der Waals surface area (Å²) >= 11 is 0. The Morgan fingerprint density at radius 3 is 2.64 bits per heavy atom. The van der Waals surface area contributed by atoms with E-state index in [4.69, 9.17) is 5.21 Å². The van der Waals surface area contributed by atoms with Gasteiger partial charge in [0.15, 0.2) is 0 Å². The van der Waals surface area contributed by atoms with E-state index < -0.39 is 0 Å². The number of allylic oxidation sites excluding steroid dienone is 4. The molecule has 0 aromatic heterocycles. The molecule has 0 bridgehead atoms. The molecule has 25 heavy (non-hydrogen) atoms. The Hall–Kier alpha value is -1.05. The van der Waals surface area contributed by atoms with E-state index in [1.165, 1.54) is 44.1 Å². The topological polar surface area (TPSA) is 32.6 Å². The van der Waals surface area contributed by atoms with Crippen LogP contribution in [-0.4, -0.2) is 10.9 Å². The molecule has 0 aliphatic heterocycles. The monoisotopic (exact) mass is 345 g/mol. The van der Waals surface area contributed by atoms with Gasteiger partial charge in [0.1, 0.15) is 0 Å². The van der Waals surface area contributed by atoms with Crippen molar-refractivity contribution >= 4 is 5.71 Å². The molecule has 1 N–H and O–H groups in total. The van der Waals surface area contributed by atoms with Crippen LogP contribution in [0.4, 0.5) is 0 Å². The lowest BCUT2D eigenvalue weighted by Gasteiger charge is -2.57. The summed E-state index contributed by atoms with van der Waals surface area (Å²) in [6.45, 7) is 14.1. The summed E-state index contributed by atoms with van der Waals surface area (Å²) in [5, 5.41) is 12.0. The van der Waals surface area contributed by atoms with Crippen molar-refractivity contribution in [3.05, 3.63) is 23.3 Å². The fourth-order valence-electron chi connectivity index (χ4n) is 5.75. The molecule has 2 heteroatoms. The molecular formula is C23H39NO. The second-order valence-electron chi connectivity index (χ2n) is 9.60. The molecule has 0 aromatic rings. The van der Waals surface area contributed by atoms with Gasteiger partial charge in [0.05, 0.1) is 5.71 Å². The fraction of sp³-hybridized carbons (Fsp3) is 0.783. The second-order valence-corrected chi connectivity index (χ2v) is 9.60. The smallest absolute Gasteiger partial charge is 0.0543 e. The Labute approximate surface area is 155 Å². The quantitative estimate of drug-likeness (QED) is 0.236. The van der Waals surface area contributed by atoms with Crippen LogP contribution in [0.1, 0.15) is 92.9 Å². The van der Waals surface area contributed by atoms with Crippen molar-refractivity contribution in [2.75, 3.05) is 0 Å². The maximum atomic E-state index is 8.74. The Bertz CT molecular complexity index is 554. The van der Waals surface area contributed by atoms with E-state index in [-0.39, 0.29) is 0 Å². The molecule has 0 radical (unpaired) electrons. The predicted octanol–water partition coefficient (Wildman–Crippen LogP) is 7.14. The Morgan fingerprint density at radius 2 is 1.96 bits per heavy atom. The molecule has 2 aliphatic carbocycles. The van der Waals surface area contributed by atoms with Gasteiger partial charge in [0.25, 0.3) is 0 Å². The largest absolute Gasteiger partial charge is 0.411 e. The van der Waals surface area contributed by atoms with Crippen LogP contribution in [0.2, 0.25) is 0 Å². The molecule has 1 saturated carbocycles. The Morgan fingerprint density at radius 1 is 1.24 bits per heavy atom. The summed E-state index contributed by atoms with van der Waals surface area (Å²) < 4.78 is 0. The maximum absolute atomic E-state index is 8.74. The van der Waals surface area contributed by atoms with Crippen LogP contribution >= 0.6 is 0 Å². The second kappa shape index (κ2) is 8.10. The van der Waals surface area contributed by atoms with Gasteiger partial charge in [-0.2, -0.15) is 0 Å². The van der Waals surface area contributed by atoms with E-state index >= 15 is 0 Å². The van der Waals surface area contributed by atoms with Gasteiger partial charge in [0.2, 0.25) is 0 Å². The summed E-state index contributed by atoms with van der Waals surface area (Å²) in [6, 6.07) is 0. The summed E-state index contributed by atoms with van der Waals surface area (Å²) in [5.41, 5.74) is 4.89. The first-order valence-corrected chi connectivity index (χ1v) is 10.2. The molecule has 2 rings (SSSR count). The van der Waals surface area contributed by atoms with Crippen LogP contribution in [0.15, 0.2) is 28.5 Å². The molecule has 0 aromatic carbocycles. The van der Waals surface area contributed by atoms with E-state index in [1.807, 2.05) is 6.92 Å². The molecule has 0 heterocycles. The minimum atomic E-state index is 0.473. The van der Waals surface area contributed by atoms with Crippen molar-refractivity contribution in [1.82, 2.24) is 0 Å². The fourth-order valence-corrected chi connectivity index (χ4v) is 5.75. The molecule has 3 atom stereocenters. The molecule has 0 saturated heterocycles. The highest BCUT2D eigenvalue weighted by atomic mass is 16.4. The van der Waals surface area contributed by atoms with E-state index in [0.29, 0.717) is 10.8 Å². The van der Waals surface area contributed by atoms with E-state index in [2.05, 4.69) is 51.9 Å². The summed E-state index contributed by atoms with van der Waals surface area (Å²) in [4.78, 5) is 0. The molecule has 2 nitrogen and oxygen atoms in total. The van der Waals surface area contributed by atoms with Gasteiger partial charge in [-0.3, -0.25) is 0 Å². The molecule has 1 fully saturated rings. The summed E-state index contributed by atoms with van der Waals surface area (Å²) in [7, 11) is 0. The standard InChI is InChI=1S/C23H39NO/c1-17(9-7-10-19(3)24-25)11-13-20-18(2)12-14-21-22(4,5)15-8-16-23(20,21)6/h9,12,20-21,25H,7-8,10-11,13-16H2,1-6H3/b17-9+,24-19?/t20-,21-,23+/m1/s1. The highest BCUT2D eigenvalue weighted by Gasteiger charge is 2.51. The predicted molar refractivity (Wildman–Crippen MR) is 108 cm³/mol. The van der Waals surface area contributed by atoms with Gasteiger partial charge in [0, 0.05) is 0 Å². The zero-order valence-electron chi connectivity index (χ0n) is 17.4. The third-order valence-corrected chi connectivity index (χ3v) is 7.29. The molecule has 0 spiro atoms. The summed E-state index contributed by atoms with van der Waals surface area (Å²) in [6.07, 6.45) is 14.6. The lowest BCUT2D eigenvalue weighted by atomic mass is 9.48. The van der Waals surface area contributed by atoms with Crippen LogP contribution in [0.25, 0.3) is 0 Å². The SMILES string of the molecule is CC1=CC[C@@H]2C(C)(C)CCC[C@@]2(C)[C@@H]1CC/C(C)=C/CCC(C)=NO. The number of fused-ring (bicyclic) bond motifs is 1. The number of rotatable bonds is 6. The van der Waals surface area contributed by atoms with Crippen molar-refractivity contribution < 1.29 is 5.21 Å². The molecular weight excluding hydrogens is 306 g/mol. The van der Waals surface area contributed by atoms with Crippen LogP contribution in [0.5, 0.6) is 0 Å². The first kappa shape index (κ1) is 20.3. The van der Waals surface area contributed by atoms with E-state index in [0.717, 1.165) is 30.4 Å². The van der Waals surface area contributed by atoms with Crippen molar-refractivity contribution in [1.29, 1.82) is 0 Å². The summed E-state index contributed by atoms with van der Waals surface area (Å²) in [5.74, 6) is 1.56. The zero-order chi connectivity index (χ0) is 18.7. The Balaban J connectivity index is 2.03. The van der Waals surface area contributed by atoms with Crippen LogP contribution in [-0.2, 0) is 0 Å². The van der Waals surface area contributed by atoms with Gasteiger partial charge >= 0.3 is 0 Å². The minimum absolute atomic E-state index is 0.473. The average molecular weight is 346 g/mol. The van der Waals surface area contributed by atoms with Gasteiger partial charge in [-0.05, 0) is 88.4 Å². The third-order valence-electron chi connectivity index (χ3n) is 7.29. The van der Waals surface area contributed by atoms with Crippen molar-refractivity contribution in [3.63, 3.8) is 0 Å². The van der Waals surface area contributed by atoms with Crippen molar-refractivity contribution in [2.45, 2.75) is 92.9 Å². The van der Waals surface area contributed by atoms with Crippen LogP contribution < -0.4 is 0 Å². The first-order valence-electron chi connectivity index (χ1n) is 10.2. The van der Waals surface area contributed by atoms with Crippen LogP contribution in [0, 0.1) is 22.7 Å². The van der Waals surface area contributed by atoms with Crippen molar-refractivity contribution in [3.8, 4) is 0 Å². The number of oxime groups is 1. The first-order chi connectivity index (χ1) is 11.7. The lowest BCUT2D eigenvalue weighted by Crippen LogP contribution is -2.48. The molecule has 2 aliphatic rings. The average Bonchev–Trinajstić information content (AvgIpc) is 2.53. The van der Waals surface area contributed by atoms with E-state index in [9.17, 15) is 0 Å². The molecule has 0 unspecified atom stereocenters. The van der Waals surface area contributed by atoms with Crippen molar-refractivity contribution in [2.24, 2.45) is 27.8 Å². The molecule has 0 amide bonds. The maximum Gasteiger partial charge on any atom is 0.0543 e. The van der Waals surface area contributed by atoms with Crippen LogP contribution in [0.3, 0.4) is 0 Å².